The van der Waals surface area contributed by atoms with Crippen molar-refractivity contribution in [3.8, 4) is 11.8 Å². The van der Waals surface area contributed by atoms with E-state index in [0.717, 1.165) is 12.1 Å². The van der Waals surface area contributed by atoms with E-state index in [0.29, 0.717) is 25.4 Å². The predicted octanol–water partition coefficient (Wildman–Crippen LogP) is 1.35. The SMILES string of the molecule is CNC(=O)[C@@H]1CN(Cc2cnc(Oc3ccc(F)cc3)nc2)CCO1. The lowest BCUT2D eigenvalue weighted by Crippen LogP contribution is -2.48. The fourth-order valence-electron chi connectivity index (χ4n) is 2.51. The first-order chi connectivity index (χ1) is 12.1. The molecule has 1 aromatic heterocycles. The fraction of sp³-hybridized carbons (Fsp3) is 0.353. The fourth-order valence-corrected chi connectivity index (χ4v) is 2.51. The van der Waals surface area contributed by atoms with Gasteiger partial charge in [-0.25, -0.2) is 14.4 Å². The summed E-state index contributed by atoms with van der Waals surface area (Å²) in [6.07, 6.45) is 2.90. The molecule has 7 nitrogen and oxygen atoms in total. The molecule has 0 aliphatic carbocycles. The lowest BCUT2D eigenvalue weighted by atomic mass is 10.2. The van der Waals surface area contributed by atoms with Gasteiger partial charge in [-0.1, -0.05) is 0 Å². The van der Waals surface area contributed by atoms with Crippen molar-refractivity contribution < 1.29 is 18.7 Å². The van der Waals surface area contributed by atoms with Crippen LogP contribution in [0.5, 0.6) is 11.8 Å². The third-order valence-electron chi connectivity index (χ3n) is 3.80. The first-order valence-corrected chi connectivity index (χ1v) is 7.94. The van der Waals surface area contributed by atoms with Crippen LogP contribution in [0.1, 0.15) is 5.56 Å². The summed E-state index contributed by atoms with van der Waals surface area (Å²) in [6.45, 7) is 2.38. The van der Waals surface area contributed by atoms with E-state index in [1.807, 2.05) is 0 Å². The van der Waals surface area contributed by atoms with E-state index in [-0.39, 0.29) is 17.7 Å². The predicted molar refractivity (Wildman–Crippen MR) is 87.6 cm³/mol. The third kappa shape index (κ3) is 4.71. The van der Waals surface area contributed by atoms with Gasteiger partial charge in [0.2, 0.25) is 5.91 Å². The summed E-state index contributed by atoms with van der Waals surface area (Å²) in [7, 11) is 1.60. The van der Waals surface area contributed by atoms with Crippen LogP contribution in [0.15, 0.2) is 36.7 Å². The molecule has 0 saturated carbocycles. The molecule has 1 fully saturated rings. The monoisotopic (exact) mass is 346 g/mol. The summed E-state index contributed by atoms with van der Waals surface area (Å²) < 4.78 is 23.8. The minimum Gasteiger partial charge on any atom is -0.424 e. The molecule has 1 aliphatic heterocycles. The molecule has 25 heavy (non-hydrogen) atoms. The second-order valence-electron chi connectivity index (χ2n) is 5.64. The van der Waals surface area contributed by atoms with Gasteiger partial charge in [0.25, 0.3) is 0 Å². The second-order valence-corrected chi connectivity index (χ2v) is 5.64. The number of carbonyl (C=O) groups excluding carboxylic acids is 1. The Morgan fingerprint density at radius 1 is 1.36 bits per heavy atom. The molecule has 1 aliphatic rings. The van der Waals surface area contributed by atoms with Crippen LogP contribution >= 0.6 is 0 Å². The van der Waals surface area contributed by atoms with E-state index in [2.05, 4.69) is 20.2 Å². The first kappa shape index (κ1) is 17.2. The average molecular weight is 346 g/mol. The topological polar surface area (TPSA) is 76.6 Å². The molecular weight excluding hydrogens is 327 g/mol. The molecule has 1 aromatic carbocycles. The van der Waals surface area contributed by atoms with Crippen LogP contribution < -0.4 is 10.1 Å². The molecule has 8 heteroatoms. The number of ether oxygens (including phenoxy) is 2. The molecule has 1 atom stereocenters. The molecule has 1 saturated heterocycles. The van der Waals surface area contributed by atoms with E-state index in [1.54, 1.807) is 19.4 Å². The normalized spacial score (nSPS) is 17.9. The van der Waals surface area contributed by atoms with Crippen molar-refractivity contribution in [2.24, 2.45) is 0 Å². The Bertz CT molecular complexity index is 709. The van der Waals surface area contributed by atoms with Gasteiger partial charge in [-0.3, -0.25) is 9.69 Å². The van der Waals surface area contributed by atoms with E-state index < -0.39 is 6.10 Å². The van der Waals surface area contributed by atoms with Crippen LogP contribution in [0.25, 0.3) is 0 Å². The molecule has 3 rings (SSSR count). The van der Waals surface area contributed by atoms with Crippen LogP contribution in [0.4, 0.5) is 4.39 Å². The highest BCUT2D eigenvalue weighted by Gasteiger charge is 2.25. The van der Waals surface area contributed by atoms with Crippen LogP contribution in [0.3, 0.4) is 0 Å². The molecule has 0 unspecified atom stereocenters. The summed E-state index contributed by atoms with van der Waals surface area (Å²) in [5.74, 6) is 0.0175. The molecule has 0 spiro atoms. The van der Waals surface area contributed by atoms with Crippen molar-refractivity contribution in [2.75, 3.05) is 26.7 Å². The number of hydrogen-bond donors (Lipinski definition) is 1. The molecule has 2 heterocycles. The number of halogens is 1. The Hall–Kier alpha value is -2.58. The summed E-state index contributed by atoms with van der Waals surface area (Å²) in [5, 5.41) is 2.60. The summed E-state index contributed by atoms with van der Waals surface area (Å²) in [4.78, 5) is 22.1. The number of rotatable bonds is 5. The minimum absolute atomic E-state index is 0.121. The van der Waals surface area contributed by atoms with E-state index in [4.69, 9.17) is 9.47 Å². The summed E-state index contributed by atoms with van der Waals surface area (Å²) >= 11 is 0. The van der Waals surface area contributed by atoms with Crippen molar-refractivity contribution in [1.82, 2.24) is 20.2 Å². The van der Waals surface area contributed by atoms with Gasteiger partial charge in [0.1, 0.15) is 17.7 Å². The number of likely N-dealkylation sites (N-methyl/N-ethyl adjacent to an activating group) is 1. The molecule has 0 bridgehead atoms. The Morgan fingerprint density at radius 2 is 2.08 bits per heavy atom. The van der Waals surface area contributed by atoms with E-state index in [1.165, 1.54) is 24.3 Å². The summed E-state index contributed by atoms with van der Waals surface area (Å²) in [6, 6.07) is 5.84. The van der Waals surface area contributed by atoms with Gasteiger partial charge in [0.05, 0.1) is 6.61 Å². The molecule has 132 valence electrons. The third-order valence-corrected chi connectivity index (χ3v) is 3.80. The number of nitrogens with one attached hydrogen (secondary N) is 1. The van der Waals surface area contributed by atoms with Crippen molar-refractivity contribution in [1.29, 1.82) is 0 Å². The maximum absolute atomic E-state index is 12.9. The maximum atomic E-state index is 12.9. The van der Waals surface area contributed by atoms with Gasteiger partial charge < -0.3 is 14.8 Å². The highest BCUT2D eigenvalue weighted by Crippen LogP contribution is 2.18. The zero-order chi connectivity index (χ0) is 17.6. The van der Waals surface area contributed by atoms with Gasteiger partial charge in [0.15, 0.2) is 0 Å². The largest absolute Gasteiger partial charge is 0.424 e. The van der Waals surface area contributed by atoms with Gasteiger partial charge in [-0.05, 0) is 24.3 Å². The first-order valence-electron chi connectivity index (χ1n) is 7.94. The van der Waals surface area contributed by atoms with Crippen LogP contribution in [0.2, 0.25) is 0 Å². The van der Waals surface area contributed by atoms with Gasteiger partial charge in [-0.15, -0.1) is 0 Å². The van der Waals surface area contributed by atoms with Gasteiger partial charge in [0, 0.05) is 44.6 Å². The van der Waals surface area contributed by atoms with Crippen LogP contribution in [0, 0.1) is 5.82 Å². The van der Waals surface area contributed by atoms with Crippen molar-refractivity contribution in [3.05, 3.63) is 48.0 Å². The molecule has 1 amide bonds. The second kappa shape index (κ2) is 8.00. The lowest BCUT2D eigenvalue weighted by molar-refractivity contribution is -0.138. The van der Waals surface area contributed by atoms with Crippen molar-refractivity contribution >= 4 is 5.91 Å². The Kier molecular flexibility index (Phi) is 5.52. The number of morpholine rings is 1. The standard InChI is InChI=1S/C17H19FN4O3/c1-19-16(23)15-11-22(6-7-24-15)10-12-8-20-17(21-9-12)25-14-4-2-13(18)3-5-14/h2-5,8-9,15H,6-7,10-11H2,1H3,(H,19,23)/t15-/m0/s1. The number of nitrogens with zero attached hydrogens (tertiary/aromatic N) is 3. The maximum Gasteiger partial charge on any atom is 0.321 e. The Labute approximate surface area is 144 Å². The molecule has 2 aromatic rings. The van der Waals surface area contributed by atoms with Gasteiger partial charge in [-0.2, -0.15) is 0 Å². The minimum atomic E-state index is -0.458. The lowest BCUT2D eigenvalue weighted by Gasteiger charge is -2.31. The smallest absolute Gasteiger partial charge is 0.321 e. The highest BCUT2D eigenvalue weighted by atomic mass is 19.1. The zero-order valence-corrected chi connectivity index (χ0v) is 13.8. The number of carbonyl (C=O) groups is 1. The zero-order valence-electron chi connectivity index (χ0n) is 13.8. The highest BCUT2D eigenvalue weighted by molar-refractivity contribution is 5.80. The van der Waals surface area contributed by atoms with E-state index >= 15 is 0 Å². The Morgan fingerprint density at radius 3 is 2.76 bits per heavy atom. The van der Waals surface area contributed by atoms with Crippen molar-refractivity contribution in [3.63, 3.8) is 0 Å². The average Bonchev–Trinajstić information content (AvgIpc) is 2.65. The van der Waals surface area contributed by atoms with Gasteiger partial charge >= 0.3 is 6.01 Å². The van der Waals surface area contributed by atoms with Crippen LogP contribution in [-0.4, -0.2) is 53.6 Å². The number of aromatic nitrogens is 2. The van der Waals surface area contributed by atoms with E-state index in [9.17, 15) is 9.18 Å². The molecule has 1 N–H and O–H groups in total. The molecular formula is C17H19FN4O3. The number of benzene rings is 1. The Balaban J connectivity index is 1.57. The van der Waals surface area contributed by atoms with Crippen molar-refractivity contribution in [2.45, 2.75) is 12.6 Å². The number of amides is 1. The quantitative estimate of drug-likeness (QED) is 0.881. The van der Waals surface area contributed by atoms with Crippen LogP contribution in [-0.2, 0) is 16.1 Å². The summed E-state index contributed by atoms with van der Waals surface area (Å²) in [5.41, 5.74) is 0.906. The number of hydrogen-bond acceptors (Lipinski definition) is 6. The molecule has 0 radical (unpaired) electrons.